The number of hydrogen-bond acceptors (Lipinski definition) is 4. The molecule has 0 radical (unpaired) electrons. The van der Waals surface area contributed by atoms with Gasteiger partial charge in [0.05, 0.1) is 11.7 Å². The molecule has 7 heteroatoms. The molecule has 1 aromatic heterocycles. The van der Waals surface area contributed by atoms with Crippen molar-refractivity contribution in [2.24, 2.45) is 0 Å². The van der Waals surface area contributed by atoms with E-state index in [9.17, 15) is 9.18 Å². The van der Waals surface area contributed by atoms with Crippen molar-refractivity contribution < 1.29 is 9.18 Å². The summed E-state index contributed by atoms with van der Waals surface area (Å²) in [5, 5.41) is 14.6. The van der Waals surface area contributed by atoms with Crippen molar-refractivity contribution >= 4 is 5.91 Å². The van der Waals surface area contributed by atoms with Gasteiger partial charge in [0, 0.05) is 6.04 Å². The van der Waals surface area contributed by atoms with E-state index in [0.29, 0.717) is 18.2 Å². The molecule has 0 aliphatic carbocycles. The second-order valence-electron chi connectivity index (χ2n) is 6.65. The lowest BCUT2D eigenvalue weighted by Crippen LogP contribution is -2.35. The van der Waals surface area contributed by atoms with Crippen LogP contribution in [0.4, 0.5) is 4.39 Å². The number of amides is 1. The summed E-state index contributed by atoms with van der Waals surface area (Å²) in [6.07, 6.45) is 2.62. The first kappa shape index (κ1) is 17.5. The van der Waals surface area contributed by atoms with Gasteiger partial charge in [0.2, 0.25) is 0 Å². The Balaban J connectivity index is 1.62. The molecule has 0 saturated carbocycles. The number of nitrogens with one attached hydrogen (secondary N) is 2. The summed E-state index contributed by atoms with van der Waals surface area (Å²) >= 11 is 0. The Morgan fingerprint density at radius 2 is 2.04 bits per heavy atom. The number of benzene rings is 1. The predicted octanol–water partition coefficient (Wildman–Crippen LogP) is 2.01. The predicted molar refractivity (Wildman–Crippen MR) is 92.9 cm³/mol. The number of aromatic nitrogens is 3. The maximum absolute atomic E-state index is 13.0. The van der Waals surface area contributed by atoms with Crippen molar-refractivity contribution in [1.82, 2.24) is 25.6 Å². The molecule has 2 aromatic rings. The molecule has 1 unspecified atom stereocenters. The van der Waals surface area contributed by atoms with E-state index in [0.717, 1.165) is 37.2 Å². The molecule has 1 atom stereocenters. The zero-order valence-corrected chi connectivity index (χ0v) is 14.6. The van der Waals surface area contributed by atoms with Crippen molar-refractivity contribution in [3.8, 4) is 0 Å². The van der Waals surface area contributed by atoms with Crippen molar-refractivity contribution in [1.29, 1.82) is 0 Å². The van der Waals surface area contributed by atoms with E-state index in [-0.39, 0.29) is 17.8 Å². The Labute approximate surface area is 146 Å². The average Bonchev–Trinajstić information content (AvgIpc) is 2.99. The number of rotatable bonds is 5. The monoisotopic (exact) mass is 345 g/mol. The lowest BCUT2D eigenvalue weighted by atomic mass is 10.1. The van der Waals surface area contributed by atoms with E-state index >= 15 is 0 Å². The third-order valence-corrected chi connectivity index (χ3v) is 4.63. The fourth-order valence-electron chi connectivity index (χ4n) is 3.27. The molecule has 3 rings (SSSR count). The number of nitrogens with zero attached hydrogens (tertiary/aromatic N) is 3. The minimum Gasteiger partial charge on any atom is -0.348 e. The third kappa shape index (κ3) is 4.22. The van der Waals surface area contributed by atoms with Crippen molar-refractivity contribution in [3.05, 3.63) is 47.0 Å². The molecule has 1 aliphatic rings. The molecule has 1 amide bonds. The minimum atomic E-state index is -0.259. The first-order valence-corrected chi connectivity index (χ1v) is 8.72. The molecule has 1 aromatic carbocycles. The van der Waals surface area contributed by atoms with E-state index in [1.54, 1.807) is 12.1 Å². The van der Waals surface area contributed by atoms with Gasteiger partial charge in [-0.25, -0.2) is 9.07 Å². The van der Waals surface area contributed by atoms with E-state index in [1.807, 2.05) is 18.5 Å². The molecular weight excluding hydrogens is 321 g/mol. The van der Waals surface area contributed by atoms with Gasteiger partial charge in [-0.15, -0.1) is 5.10 Å². The smallest absolute Gasteiger partial charge is 0.273 e. The summed E-state index contributed by atoms with van der Waals surface area (Å²) in [4.78, 5) is 12.5. The number of piperidine rings is 1. The Hall–Kier alpha value is -2.28. The number of carbonyl (C=O) groups excluding carboxylic acids is 1. The zero-order valence-electron chi connectivity index (χ0n) is 14.6. The molecule has 0 bridgehead atoms. The summed E-state index contributed by atoms with van der Waals surface area (Å²) in [6.45, 7) is 5.73. The molecule has 6 nitrogen and oxygen atoms in total. The normalized spacial score (nSPS) is 16.6. The van der Waals surface area contributed by atoms with Crippen LogP contribution in [-0.4, -0.2) is 40.0 Å². The highest BCUT2D eigenvalue weighted by Crippen LogP contribution is 2.20. The summed E-state index contributed by atoms with van der Waals surface area (Å²) in [6, 6.07) is 6.54. The molecule has 1 fully saturated rings. The fourth-order valence-corrected chi connectivity index (χ4v) is 3.27. The molecule has 134 valence electrons. The lowest BCUT2D eigenvalue weighted by molar-refractivity contribution is 0.0934. The Bertz CT molecular complexity index is 722. The second kappa shape index (κ2) is 7.74. The minimum absolute atomic E-state index is 0.0820. The van der Waals surface area contributed by atoms with Crippen LogP contribution in [0.1, 0.15) is 47.6 Å². The molecule has 2 N–H and O–H groups in total. The first-order valence-electron chi connectivity index (χ1n) is 8.72. The summed E-state index contributed by atoms with van der Waals surface area (Å²) in [5.74, 6) is -0.474. The van der Waals surface area contributed by atoms with Crippen LogP contribution in [0.25, 0.3) is 0 Å². The van der Waals surface area contributed by atoms with Crippen LogP contribution < -0.4 is 10.6 Å². The molecule has 1 aliphatic heterocycles. The molecular formula is C18H24FN5O. The average molecular weight is 345 g/mol. The van der Waals surface area contributed by atoms with Gasteiger partial charge in [-0.2, -0.15) is 0 Å². The Morgan fingerprint density at radius 1 is 1.36 bits per heavy atom. The van der Waals surface area contributed by atoms with Crippen LogP contribution in [-0.2, 0) is 6.42 Å². The van der Waals surface area contributed by atoms with E-state index in [1.165, 1.54) is 12.1 Å². The standard InChI is InChI=1S/C18H24FN5O/c1-12(11-14-3-5-15(19)6-4-14)21-18(25)17-13(2)24(23-22-17)16-7-9-20-10-8-16/h3-6,12,16,20H,7-11H2,1-2H3,(H,21,25). The van der Waals surface area contributed by atoms with Crippen molar-refractivity contribution in [2.75, 3.05) is 13.1 Å². The number of halogens is 1. The van der Waals surface area contributed by atoms with Gasteiger partial charge in [0.25, 0.3) is 5.91 Å². The Morgan fingerprint density at radius 3 is 2.72 bits per heavy atom. The van der Waals surface area contributed by atoms with Gasteiger partial charge in [-0.1, -0.05) is 17.3 Å². The highest BCUT2D eigenvalue weighted by molar-refractivity contribution is 5.93. The quantitative estimate of drug-likeness (QED) is 0.870. The highest BCUT2D eigenvalue weighted by atomic mass is 19.1. The summed E-state index contributed by atoms with van der Waals surface area (Å²) in [7, 11) is 0. The van der Waals surface area contributed by atoms with Crippen LogP contribution in [0.2, 0.25) is 0 Å². The van der Waals surface area contributed by atoms with Crippen molar-refractivity contribution in [2.45, 2.75) is 45.2 Å². The second-order valence-corrected chi connectivity index (χ2v) is 6.65. The third-order valence-electron chi connectivity index (χ3n) is 4.63. The van der Waals surface area contributed by atoms with Gasteiger partial charge < -0.3 is 10.6 Å². The van der Waals surface area contributed by atoms with Crippen molar-refractivity contribution in [3.63, 3.8) is 0 Å². The summed E-state index contributed by atoms with van der Waals surface area (Å²) < 4.78 is 14.8. The van der Waals surface area contributed by atoms with Gasteiger partial charge >= 0.3 is 0 Å². The molecule has 1 saturated heterocycles. The van der Waals surface area contributed by atoms with Crippen LogP contribution in [0, 0.1) is 12.7 Å². The summed E-state index contributed by atoms with van der Waals surface area (Å²) in [5.41, 5.74) is 2.16. The Kier molecular flexibility index (Phi) is 5.43. The van der Waals surface area contributed by atoms with Crippen LogP contribution >= 0.6 is 0 Å². The fraction of sp³-hybridized carbons (Fsp3) is 0.500. The zero-order chi connectivity index (χ0) is 17.8. The largest absolute Gasteiger partial charge is 0.348 e. The topological polar surface area (TPSA) is 71.8 Å². The van der Waals surface area contributed by atoms with E-state index < -0.39 is 0 Å². The van der Waals surface area contributed by atoms with E-state index in [2.05, 4.69) is 20.9 Å². The maximum Gasteiger partial charge on any atom is 0.273 e. The lowest BCUT2D eigenvalue weighted by Gasteiger charge is -2.23. The molecule has 2 heterocycles. The van der Waals surface area contributed by atoms with Gasteiger partial charge in [0.15, 0.2) is 5.69 Å². The molecule has 0 spiro atoms. The number of carbonyl (C=O) groups is 1. The van der Waals surface area contributed by atoms with Crippen LogP contribution in [0.5, 0.6) is 0 Å². The molecule has 25 heavy (non-hydrogen) atoms. The maximum atomic E-state index is 13.0. The van der Waals surface area contributed by atoms with Gasteiger partial charge in [-0.05, 0) is 63.9 Å². The SMILES string of the molecule is Cc1c(C(=O)NC(C)Cc2ccc(F)cc2)nnn1C1CCNCC1. The van der Waals surface area contributed by atoms with E-state index in [4.69, 9.17) is 0 Å². The number of hydrogen-bond donors (Lipinski definition) is 2. The highest BCUT2D eigenvalue weighted by Gasteiger charge is 2.23. The van der Waals surface area contributed by atoms with Crippen LogP contribution in [0.15, 0.2) is 24.3 Å². The first-order chi connectivity index (χ1) is 12.0. The van der Waals surface area contributed by atoms with Gasteiger partial charge in [0.1, 0.15) is 5.82 Å². The van der Waals surface area contributed by atoms with Gasteiger partial charge in [-0.3, -0.25) is 4.79 Å². The van der Waals surface area contributed by atoms with Crippen LogP contribution in [0.3, 0.4) is 0 Å².